The van der Waals surface area contributed by atoms with E-state index in [0.29, 0.717) is 23.0 Å². The van der Waals surface area contributed by atoms with Gasteiger partial charge in [-0.15, -0.1) is 0 Å². The van der Waals surface area contributed by atoms with Crippen LogP contribution in [0, 0.1) is 5.82 Å². The molecule has 4 aromatic rings. The zero-order chi connectivity index (χ0) is 18.4. The number of nitrogens with zero attached hydrogens (tertiary/aromatic N) is 4. The summed E-state index contributed by atoms with van der Waals surface area (Å²) >= 11 is 0. The summed E-state index contributed by atoms with van der Waals surface area (Å²) in [6, 6.07) is 11.0. The SMILES string of the molecule is Cn1ncc2ccc(Nc3ncc(F)c(-c4ccc5c(c4)OCO5)n3)cc21. The summed E-state index contributed by atoms with van der Waals surface area (Å²) in [6.07, 6.45) is 2.95. The van der Waals surface area contributed by atoms with Crippen molar-refractivity contribution < 1.29 is 13.9 Å². The van der Waals surface area contributed by atoms with Crippen molar-refractivity contribution >= 4 is 22.5 Å². The first-order chi connectivity index (χ1) is 13.2. The molecule has 8 heteroatoms. The Hall–Kier alpha value is -3.68. The minimum atomic E-state index is -0.512. The molecule has 27 heavy (non-hydrogen) atoms. The van der Waals surface area contributed by atoms with Crippen LogP contribution in [-0.2, 0) is 7.05 Å². The van der Waals surface area contributed by atoms with Gasteiger partial charge in [0.05, 0.1) is 17.9 Å². The van der Waals surface area contributed by atoms with E-state index in [1.54, 1.807) is 29.1 Å². The zero-order valence-electron chi connectivity index (χ0n) is 14.3. The average Bonchev–Trinajstić information content (AvgIpc) is 3.29. The van der Waals surface area contributed by atoms with Gasteiger partial charge < -0.3 is 14.8 Å². The molecule has 2 aromatic heterocycles. The highest BCUT2D eigenvalue weighted by molar-refractivity contribution is 5.83. The Morgan fingerprint density at radius 1 is 1.07 bits per heavy atom. The van der Waals surface area contributed by atoms with Gasteiger partial charge in [0.1, 0.15) is 5.69 Å². The number of fused-ring (bicyclic) bond motifs is 2. The van der Waals surface area contributed by atoms with Crippen molar-refractivity contribution in [3.63, 3.8) is 0 Å². The van der Waals surface area contributed by atoms with E-state index in [1.165, 1.54) is 0 Å². The van der Waals surface area contributed by atoms with Gasteiger partial charge in [-0.1, -0.05) is 0 Å². The highest BCUT2D eigenvalue weighted by Gasteiger charge is 2.17. The number of ether oxygens (including phenoxy) is 2. The standard InChI is InChI=1S/C19H14FN5O2/c1-25-15-7-13(4-2-12(15)8-22-25)23-19-21-9-14(20)18(24-19)11-3-5-16-17(6-11)27-10-26-16/h2-9H,10H2,1H3,(H,21,23,24). The molecule has 0 saturated carbocycles. The molecule has 0 unspecified atom stereocenters. The van der Waals surface area contributed by atoms with E-state index in [1.807, 2.05) is 25.2 Å². The summed E-state index contributed by atoms with van der Waals surface area (Å²) in [5, 5.41) is 8.37. The predicted molar refractivity (Wildman–Crippen MR) is 97.5 cm³/mol. The molecular formula is C19H14FN5O2. The Kier molecular flexibility index (Phi) is 3.43. The van der Waals surface area contributed by atoms with E-state index in [4.69, 9.17) is 9.47 Å². The molecule has 1 aliphatic heterocycles. The molecule has 0 spiro atoms. The fourth-order valence-electron chi connectivity index (χ4n) is 3.02. The van der Waals surface area contributed by atoms with E-state index >= 15 is 0 Å². The number of benzene rings is 2. The Balaban J connectivity index is 1.50. The first-order valence-corrected chi connectivity index (χ1v) is 8.29. The maximum absolute atomic E-state index is 14.3. The molecule has 0 saturated heterocycles. The molecule has 134 valence electrons. The van der Waals surface area contributed by atoms with Crippen molar-refractivity contribution in [1.82, 2.24) is 19.7 Å². The average molecular weight is 363 g/mol. The third-order valence-corrected chi connectivity index (χ3v) is 4.40. The molecule has 1 aliphatic rings. The number of halogens is 1. The van der Waals surface area contributed by atoms with Crippen LogP contribution in [0.2, 0.25) is 0 Å². The molecular weight excluding hydrogens is 349 g/mol. The fraction of sp³-hybridized carbons (Fsp3) is 0.105. The van der Waals surface area contributed by atoms with E-state index in [9.17, 15) is 4.39 Å². The highest BCUT2D eigenvalue weighted by Crippen LogP contribution is 2.36. The van der Waals surface area contributed by atoms with Gasteiger partial charge in [0.15, 0.2) is 17.3 Å². The molecule has 0 atom stereocenters. The first kappa shape index (κ1) is 15.6. The Morgan fingerprint density at radius 2 is 1.96 bits per heavy atom. The number of rotatable bonds is 3. The molecule has 3 heterocycles. The summed E-state index contributed by atoms with van der Waals surface area (Å²) in [5.41, 5.74) is 2.53. The monoisotopic (exact) mass is 363 g/mol. The van der Waals surface area contributed by atoms with Gasteiger partial charge >= 0.3 is 0 Å². The second kappa shape index (κ2) is 5.94. The Morgan fingerprint density at radius 3 is 2.89 bits per heavy atom. The van der Waals surface area contributed by atoms with Gasteiger partial charge in [-0.05, 0) is 36.4 Å². The quantitative estimate of drug-likeness (QED) is 0.599. The van der Waals surface area contributed by atoms with Crippen molar-refractivity contribution in [3.05, 3.63) is 54.6 Å². The lowest BCUT2D eigenvalue weighted by Crippen LogP contribution is -2.01. The summed E-state index contributed by atoms with van der Waals surface area (Å²) in [4.78, 5) is 8.38. The Labute approximate surface area is 153 Å². The maximum Gasteiger partial charge on any atom is 0.231 e. The molecule has 0 amide bonds. The first-order valence-electron chi connectivity index (χ1n) is 8.29. The summed E-state index contributed by atoms with van der Waals surface area (Å²) < 4.78 is 26.8. The third-order valence-electron chi connectivity index (χ3n) is 4.40. The van der Waals surface area contributed by atoms with Gasteiger partial charge in [0.25, 0.3) is 0 Å². The molecule has 7 nitrogen and oxygen atoms in total. The van der Waals surface area contributed by atoms with Crippen molar-refractivity contribution in [1.29, 1.82) is 0 Å². The fourth-order valence-corrected chi connectivity index (χ4v) is 3.02. The van der Waals surface area contributed by atoms with E-state index in [0.717, 1.165) is 22.8 Å². The zero-order valence-corrected chi connectivity index (χ0v) is 14.3. The van der Waals surface area contributed by atoms with Crippen LogP contribution >= 0.6 is 0 Å². The number of nitrogens with one attached hydrogen (secondary N) is 1. The van der Waals surface area contributed by atoms with Crippen molar-refractivity contribution in [2.45, 2.75) is 0 Å². The van der Waals surface area contributed by atoms with Crippen molar-refractivity contribution in [2.75, 3.05) is 12.1 Å². The molecule has 0 radical (unpaired) electrons. The lowest BCUT2D eigenvalue weighted by molar-refractivity contribution is 0.174. The van der Waals surface area contributed by atoms with E-state index in [-0.39, 0.29) is 12.5 Å². The van der Waals surface area contributed by atoms with Gasteiger partial charge in [0, 0.05) is 23.7 Å². The van der Waals surface area contributed by atoms with Crippen LogP contribution in [-0.4, -0.2) is 26.5 Å². The van der Waals surface area contributed by atoms with Crippen molar-refractivity contribution in [3.8, 4) is 22.8 Å². The summed E-state index contributed by atoms with van der Waals surface area (Å²) in [7, 11) is 1.87. The molecule has 2 aromatic carbocycles. The molecule has 0 fully saturated rings. The van der Waals surface area contributed by atoms with Gasteiger partial charge in [-0.25, -0.2) is 14.4 Å². The predicted octanol–water partition coefficient (Wildman–Crippen LogP) is 3.64. The number of hydrogen-bond donors (Lipinski definition) is 1. The molecule has 5 rings (SSSR count). The van der Waals surface area contributed by atoms with Crippen LogP contribution in [0.15, 0.2) is 48.8 Å². The number of hydrogen-bond acceptors (Lipinski definition) is 6. The minimum absolute atomic E-state index is 0.161. The largest absolute Gasteiger partial charge is 0.454 e. The van der Waals surface area contributed by atoms with Crippen LogP contribution in [0.4, 0.5) is 16.0 Å². The lowest BCUT2D eigenvalue weighted by Gasteiger charge is -2.09. The van der Waals surface area contributed by atoms with Crippen LogP contribution < -0.4 is 14.8 Å². The van der Waals surface area contributed by atoms with Crippen LogP contribution in [0.1, 0.15) is 0 Å². The molecule has 0 aliphatic carbocycles. The van der Waals surface area contributed by atoms with Gasteiger partial charge in [-0.2, -0.15) is 5.10 Å². The normalized spacial score (nSPS) is 12.5. The van der Waals surface area contributed by atoms with Gasteiger partial charge in [0.2, 0.25) is 12.7 Å². The van der Waals surface area contributed by atoms with Crippen LogP contribution in [0.5, 0.6) is 11.5 Å². The Bertz CT molecular complexity index is 1170. The summed E-state index contributed by atoms with van der Waals surface area (Å²) in [6.45, 7) is 0.161. The minimum Gasteiger partial charge on any atom is -0.454 e. The smallest absolute Gasteiger partial charge is 0.231 e. The maximum atomic E-state index is 14.3. The summed E-state index contributed by atoms with van der Waals surface area (Å²) in [5.74, 6) is 0.991. The highest BCUT2D eigenvalue weighted by atomic mass is 19.1. The van der Waals surface area contributed by atoms with Crippen LogP contribution in [0.25, 0.3) is 22.2 Å². The van der Waals surface area contributed by atoms with Gasteiger partial charge in [-0.3, -0.25) is 4.68 Å². The van der Waals surface area contributed by atoms with E-state index < -0.39 is 5.82 Å². The topological polar surface area (TPSA) is 74.1 Å². The number of aryl methyl sites for hydroxylation is 1. The number of aromatic nitrogens is 4. The molecule has 0 bridgehead atoms. The second-order valence-electron chi connectivity index (χ2n) is 6.12. The molecule has 1 N–H and O–H groups in total. The van der Waals surface area contributed by atoms with Crippen molar-refractivity contribution in [2.24, 2.45) is 7.05 Å². The van der Waals surface area contributed by atoms with Crippen LogP contribution in [0.3, 0.4) is 0 Å². The van der Waals surface area contributed by atoms with E-state index in [2.05, 4.69) is 20.4 Å². The second-order valence-corrected chi connectivity index (χ2v) is 6.12. The lowest BCUT2D eigenvalue weighted by atomic mass is 10.1. The number of anilines is 2. The third kappa shape index (κ3) is 2.71.